The van der Waals surface area contributed by atoms with E-state index in [1.807, 2.05) is 18.2 Å². The van der Waals surface area contributed by atoms with Crippen LogP contribution in [-0.2, 0) is 4.74 Å². The highest BCUT2D eigenvalue weighted by molar-refractivity contribution is 5.27. The quantitative estimate of drug-likeness (QED) is 0.535. The normalized spacial score (nSPS) is 22.9. The predicted octanol–water partition coefficient (Wildman–Crippen LogP) is 6.34. The van der Waals surface area contributed by atoms with E-state index in [1.165, 1.54) is 29.8 Å². The summed E-state index contributed by atoms with van der Waals surface area (Å²) in [6.45, 7) is 0. The molecule has 3 aromatic rings. The zero-order valence-electron chi connectivity index (χ0n) is 14.3. The fraction of sp³-hybridized carbons (Fsp3) is 0.217. The Hall–Kier alpha value is -2.52. The highest BCUT2D eigenvalue weighted by atomic mass is 19.1. The van der Waals surface area contributed by atoms with Crippen molar-refractivity contribution in [1.82, 2.24) is 0 Å². The minimum Gasteiger partial charge on any atom is -0.366 e. The Balaban J connectivity index is 1.66. The van der Waals surface area contributed by atoms with Gasteiger partial charge in [0.15, 0.2) is 0 Å². The van der Waals surface area contributed by atoms with Gasteiger partial charge in [-0.3, -0.25) is 0 Å². The first-order chi connectivity index (χ1) is 12.7. The molecule has 0 bridgehead atoms. The van der Waals surface area contributed by atoms with Crippen LogP contribution in [0.5, 0.6) is 0 Å². The maximum absolute atomic E-state index is 13.3. The van der Waals surface area contributed by atoms with Gasteiger partial charge in [0.2, 0.25) is 0 Å². The third-order valence-electron chi connectivity index (χ3n) is 5.08. The van der Waals surface area contributed by atoms with Crippen LogP contribution in [0.2, 0.25) is 0 Å². The molecule has 3 heteroatoms. The van der Waals surface area contributed by atoms with E-state index in [2.05, 4.69) is 12.1 Å². The van der Waals surface area contributed by atoms with Gasteiger partial charge in [-0.15, -0.1) is 0 Å². The largest absolute Gasteiger partial charge is 0.366 e. The van der Waals surface area contributed by atoms with Crippen LogP contribution in [0.3, 0.4) is 0 Å². The number of rotatable bonds is 3. The summed E-state index contributed by atoms with van der Waals surface area (Å²) in [4.78, 5) is 0. The minimum atomic E-state index is -0.251. The molecule has 1 unspecified atom stereocenters. The summed E-state index contributed by atoms with van der Waals surface area (Å²) >= 11 is 0. The van der Waals surface area contributed by atoms with Gasteiger partial charge in [-0.25, -0.2) is 8.78 Å². The summed E-state index contributed by atoms with van der Waals surface area (Å²) in [5.74, 6) is -0.173. The first-order valence-electron chi connectivity index (χ1n) is 8.90. The van der Waals surface area contributed by atoms with Crippen molar-refractivity contribution in [2.24, 2.45) is 0 Å². The van der Waals surface area contributed by atoms with Gasteiger partial charge in [0.05, 0.1) is 12.2 Å². The lowest BCUT2D eigenvalue weighted by Crippen LogP contribution is -2.22. The number of benzene rings is 3. The van der Waals surface area contributed by atoms with Crippen LogP contribution in [0.25, 0.3) is 0 Å². The molecule has 0 radical (unpaired) electrons. The molecule has 4 rings (SSSR count). The maximum Gasteiger partial charge on any atom is 0.123 e. The van der Waals surface area contributed by atoms with Crippen molar-refractivity contribution in [2.75, 3.05) is 0 Å². The van der Waals surface area contributed by atoms with Crippen LogP contribution in [0.15, 0.2) is 78.9 Å². The third kappa shape index (κ3) is 3.68. The maximum atomic E-state index is 13.3. The summed E-state index contributed by atoms with van der Waals surface area (Å²) in [7, 11) is 0. The predicted molar refractivity (Wildman–Crippen MR) is 97.8 cm³/mol. The topological polar surface area (TPSA) is 9.23 Å². The lowest BCUT2D eigenvalue weighted by atomic mass is 9.82. The molecule has 0 spiro atoms. The van der Waals surface area contributed by atoms with Gasteiger partial charge in [0.1, 0.15) is 11.6 Å². The molecular formula is C23H20F2O. The molecular weight excluding hydrogens is 330 g/mol. The van der Waals surface area contributed by atoms with E-state index in [0.717, 1.165) is 24.0 Å². The van der Waals surface area contributed by atoms with E-state index in [9.17, 15) is 8.78 Å². The van der Waals surface area contributed by atoms with Crippen molar-refractivity contribution < 1.29 is 13.5 Å². The van der Waals surface area contributed by atoms with Crippen LogP contribution in [-0.4, -0.2) is 0 Å². The molecule has 0 amide bonds. The first kappa shape index (κ1) is 16.9. The molecule has 1 aliphatic heterocycles. The number of hydrogen-bond donors (Lipinski definition) is 0. The summed E-state index contributed by atoms with van der Waals surface area (Å²) in [5, 5.41) is 0. The van der Waals surface area contributed by atoms with Gasteiger partial charge >= 0.3 is 0 Å². The third-order valence-corrected chi connectivity index (χ3v) is 5.08. The summed E-state index contributed by atoms with van der Waals surface area (Å²) in [6, 6.07) is 23.4. The Morgan fingerprint density at radius 2 is 1.04 bits per heavy atom. The fourth-order valence-electron chi connectivity index (χ4n) is 3.70. The molecule has 0 aromatic heterocycles. The first-order valence-corrected chi connectivity index (χ1v) is 8.90. The standard InChI is InChI=1S/C23H20F2O/c24-20-10-6-17(7-11-20)22-14-19(16-4-2-1-3-5-16)15-23(26-22)18-8-12-21(25)13-9-18/h1-13,19,22-23H,14-15H2/t19?,22-,23+. The van der Waals surface area contributed by atoms with Crippen LogP contribution in [0.1, 0.15) is 47.7 Å². The molecule has 1 nitrogen and oxygen atoms in total. The van der Waals surface area contributed by atoms with Crippen molar-refractivity contribution in [3.63, 3.8) is 0 Å². The van der Waals surface area contributed by atoms with Gasteiger partial charge in [-0.05, 0) is 59.7 Å². The molecule has 1 aliphatic rings. The second kappa shape index (κ2) is 7.38. The summed E-state index contributed by atoms with van der Waals surface area (Å²) in [5.41, 5.74) is 3.22. The number of halogens is 2. The molecule has 0 aliphatic carbocycles. The molecule has 0 saturated carbocycles. The van der Waals surface area contributed by atoms with Crippen LogP contribution >= 0.6 is 0 Å². The van der Waals surface area contributed by atoms with Crippen molar-refractivity contribution in [2.45, 2.75) is 31.0 Å². The smallest absolute Gasteiger partial charge is 0.123 e. The lowest BCUT2D eigenvalue weighted by Gasteiger charge is -2.36. The minimum absolute atomic E-state index is 0.121. The van der Waals surface area contributed by atoms with Gasteiger partial charge in [-0.2, -0.15) is 0 Å². The highest BCUT2D eigenvalue weighted by Gasteiger charge is 2.32. The molecule has 1 saturated heterocycles. The monoisotopic (exact) mass is 350 g/mol. The van der Waals surface area contributed by atoms with Crippen molar-refractivity contribution in [1.29, 1.82) is 0 Å². The van der Waals surface area contributed by atoms with E-state index >= 15 is 0 Å². The van der Waals surface area contributed by atoms with Crippen LogP contribution in [0.4, 0.5) is 8.78 Å². The van der Waals surface area contributed by atoms with E-state index in [1.54, 1.807) is 24.3 Å². The van der Waals surface area contributed by atoms with Crippen molar-refractivity contribution in [3.05, 3.63) is 107 Å². The second-order valence-electron chi connectivity index (χ2n) is 6.80. The average molecular weight is 350 g/mol. The molecule has 1 fully saturated rings. The Morgan fingerprint density at radius 1 is 0.577 bits per heavy atom. The number of hydrogen-bond acceptors (Lipinski definition) is 1. The van der Waals surface area contributed by atoms with Crippen LogP contribution < -0.4 is 0 Å². The van der Waals surface area contributed by atoms with Gasteiger partial charge in [0.25, 0.3) is 0 Å². The van der Waals surface area contributed by atoms with E-state index in [4.69, 9.17) is 4.74 Å². The zero-order chi connectivity index (χ0) is 17.9. The van der Waals surface area contributed by atoms with E-state index in [-0.39, 0.29) is 23.8 Å². The zero-order valence-corrected chi connectivity index (χ0v) is 14.3. The molecule has 132 valence electrons. The highest BCUT2D eigenvalue weighted by Crippen LogP contribution is 2.45. The average Bonchev–Trinajstić information content (AvgIpc) is 2.69. The second-order valence-corrected chi connectivity index (χ2v) is 6.80. The summed E-state index contributed by atoms with van der Waals surface area (Å²) < 4.78 is 32.9. The van der Waals surface area contributed by atoms with Crippen LogP contribution in [0, 0.1) is 11.6 Å². The van der Waals surface area contributed by atoms with Crippen molar-refractivity contribution in [3.8, 4) is 0 Å². The molecule has 3 atom stereocenters. The van der Waals surface area contributed by atoms with E-state index < -0.39 is 0 Å². The Morgan fingerprint density at radius 3 is 1.50 bits per heavy atom. The Labute approximate surface area is 152 Å². The summed E-state index contributed by atoms with van der Waals surface area (Å²) in [6.07, 6.45) is 1.44. The molecule has 0 N–H and O–H groups in total. The Kier molecular flexibility index (Phi) is 4.81. The van der Waals surface area contributed by atoms with Gasteiger partial charge in [0, 0.05) is 0 Å². The molecule has 26 heavy (non-hydrogen) atoms. The number of ether oxygens (including phenoxy) is 1. The lowest BCUT2D eigenvalue weighted by molar-refractivity contribution is -0.0620. The van der Waals surface area contributed by atoms with E-state index in [0.29, 0.717) is 5.92 Å². The Bertz CT molecular complexity index is 790. The van der Waals surface area contributed by atoms with Crippen molar-refractivity contribution >= 4 is 0 Å². The molecule has 1 heterocycles. The van der Waals surface area contributed by atoms with Gasteiger partial charge in [-0.1, -0.05) is 54.6 Å². The SMILES string of the molecule is Fc1ccc([C@@H]2CC(c3ccccc3)C[C@H](c3ccc(F)cc3)O2)cc1. The molecule has 3 aromatic carbocycles. The van der Waals surface area contributed by atoms with Gasteiger partial charge < -0.3 is 4.74 Å². The fourth-order valence-corrected chi connectivity index (χ4v) is 3.70.